The van der Waals surface area contributed by atoms with Gasteiger partial charge < -0.3 is 11.1 Å². The Morgan fingerprint density at radius 3 is 2.35 bits per heavy atom. The summed E-state index contributed by atoms with van der Waals surface area (Å²) in [4.78, 5) is 11.7. The van der Waals surface area contributed by atoms with Crippen molar-refractivity contribution in [3.8, 4) is 0 Å². The average molecular weight is 242 g/mol. The quantitative estimate of drug-likeness (QED) is 0.653. The first-order valence-corrected chi connectivity index (χ1v) is 6.99. The highest BCUT2D eigenvalue weighted by Crippen LogP contribution is 2.09. The van der Waals surface area contributed by atoms with Gasteiger partial charge in [0, 0.05) is 12.5 Å². The molecule has 0 bridgehead atoms. The van der Waals surface area contributed by atoms with Crippen molar-refractivity contribution in [3.05, 3.63) is 0 Å². The van der Waals surface area contributed by atoms with Crippen molar-refractivity contribution in [1.82, 2.24) is 5.32 Å². The monoisotopic (exact) mass is 242 g/mol. The molecule has 2 atom stereocenters. The van der Waals surface area contributed by atoms with Crippen LogP contribution in [0.4, 0.5) is 0 Å². The van der Waals surface area contributed by atoms with Crippen LogP contribution in [0.25, 0.3) is 0 Å². The van der Waals surface area contributed by atoms with Crippen molar-refractivity contribution in [2.75, 3.05) is 6.54 Å². The van der Waals surface area contributed by atoms with Gasteiger partial charge >= 0.3 is 0 Å². The first-order valence-electron chi connectivity index (χ1n) is 6.99. The highest BCUT2D eigenvalue weighted by atomic mass is 16.1. The van der Waals surface area contributed by atoms with Gasteiger partial charge in [-0.05, 0) is 31.7 Å². The molecule has 3 N–H and O–H groups in total. The molecule has 0 radical (unpaired) electrons. The van der Waals surface area contributed by atoms with E-state index in [0.29, 0.717) is 18.9 Å². The molecule has 0 aliphatic carbocycles. The van der Waals surface area contributed by atoms with E-state index in [1.54, 1.807) is 0 Å². The lowest BCUT2D eigenvalue weighted by atomic mass is 10.0. The first-order chi connectivity index (χ1) is 7.99. The van der Waals surface area contributed by atoms with Crippen molar-refractivity contribution < 1.29 is 4.79 Å². The fourth-order valence-electron chi connectivity index (χ4n) is 1.89. The molecule has 1 amide bonds. The summed E-state index contributed by atoms with van der Waals surface area (Å²) in [7, 11) is 0. The molecule has 2 unspecified atom stereocenters. The molecule has 0 aliphatic heterocycles. The smallest absolute Gasteiger partial charge is 0.220 e. The summed E-state index contributed by atoms with van der Waals surface area (Å²) in [6.07, 6.45) is 5.05. The van der Waals surface area contributed by atoms with Crippen LogP contribution in [0.15, 0.2) is 0 Å². The minimum absolute atomic E-state index is 0.152. The van der Waals surface area contributed by atoms with Gasteiger partial charge in [-0.2, -0.15) is 0 Å². The molecular formula is C14H30N2O. The minimum Gasteiger partial charge on any atom is -0.354 e. The van der Waals surface area contributed by atoms with E-state index in [4.69, 9.17) is 5.73 Å². The van der Waals surface area contributed by atoms with Crippen molar-refractivity contribution in [1.29, 1.82) is 0 Å². The van der Waals surface area contributed by atoms with Gasteiger partial charge in [-0.3, -0.25) is 4.79 Å². The van der Waals surface area contributed by atoms with Gasteiger partial charge in [-0.1, -0.05) is 40.0 Å². The molecule has 0 spiro atoms. The number of rotatable bonds is 9. The molecule has 0 aromatic heterocycles. The lowest BCUT2D eigenvalue weighted by Gasteiger charge is -2.17. The van der Waals surface area contributed by atoms with E-state index in [2.05, 4.69) is 33.0 Å². The van der Waals surface area contributed by atoms with Crippen molar-refractivity contribution in [2.45, 2.75) is 65.8 Å². The van der Waals surface area contributed by atoms with Crippen molar-refractivity contribution in [3.63, 3.8) is 0 Å². The maximum absolute atomic E-state index is 11.7. The van der Waals surface area contributed by atoms with Gasteiger partial charge in [-0.15, -0.1) is 0 Å². The zero-order valence-electron chi connectivity index (χ0n) is 12.0. The lowest BCUT2D eigenvalue weighted by molar-refractivity contribution is -0.122. The van der Waals surface area contributed by atoms with E-state index < -0.39 is 0 Å². The number of hydrogen-bond acceptors (Lipinski definition) is 2. The predicted octanol–water partition coefficient (Wildman–Crippen LogP) is 2.69. The van der Waals surface area contributed by atoms with Gasteiger partial charge in [-0.25, -0.2) is 0 Å². The van der Waals surface area contributed by atoms with Crippen LogP contribution in [-0.4, -0.2) is 18.5 Å². The summed E-state index contributed by atoms with van der Waals surface area (Å²) in [5.74, 6) is 1.23. The van der Waals surface area contributed by atoms with E-state index in [1.165, 1.54) is 12.8 Å². The molecule has 3 nitrogen and oxygen atoms in total. The Bertz CT molecular complexity index is 200. The van der Waals surface area contributed by atoms with Crippen LogP contribution in [0.1, 0.15) is 59.8 Å². The molecule has 0 aromatic rings. The summed E-state index contributed by atoms with van der Waals surface area (Å²) >= 11 is 0. The number of hydrogen-bond donors (Lipinski definition) is 2. The predicted molar refractivity (Wildman–Crippen MR) is 73.7 cm³/mol. The topological polar surface area (TPSA) is 55.1 Å². The first kappa shape index (κ1) is 16.4. The van der Waals surface area contributed by atoms with E-state index >= 15 is 0 Å². The van der Waals surface area contributed by atoms with Crippen LogP contribution in [0.5, 0.6) is 0 Å². The summed E-state index contributed by atoms with van der Waals surface area (Å²) in [5.41, 5.74) is 5.60. The van der Waals surface area contributed by atoms with Crippen LogP contribution >= 0.6 is 0 Å². The highest BCUT2D eigenvalue weighted by Gasteiger charge is 2.12. The summed E-state index contributed by atoms with van der Waals surface area (Å²) < 4.78 is 0. The van der Waals surface area contributed by atoms with E-state index in [9.17, 15) is 4.79 Å². The Morgan fingerprint density at radius 2 is 1.88 bits per heavy atom. The normalized spacial score (nSPS) is 14.7. The standard InChI is InChI=1S/C14H30N2O/c1-5-13(10-15)9-14(17)16-12(4)8-6-7-11(2)3/h11-13H,5-10,15H2,1-4H3,(H,16,17). The third kappa shape index (κ3) is 9.16. The number of carbonyl (C=O) groups excluding carboxylic acids is 1. The lowest BCUT2D eigenvalue weighted by Crippen LogP contribution is -2.34. The second-order valence-corrected chi connectivity index (χ2v) is 5.51. The number of amides is 1. The Morgan fingerprint density at radius 1 is 1.24 bits per heavy atom. The molecule has 17 heavy (non-hydrogen) atoms. The van der Waals surface area contributed by atoms with Gasteiger partial charge in [0.15, 0.2) is 0 Å². The fraction of sp³-hybridized carbons (Fsp3) is 0.929. The fourth-order valence-corrected chi connectivity index (χ4v) is 1.89. The van der Waals surface area contributed by atoms with Crippen LogP contribution < -0.4 is 11.1 Å². The zero-order chi connectivity index (χ0) is 13.3. The van der Waals surface area contributed by atoms with Crippen molar-refractivity contribution in [2.24, 2.45) is 17.6 Å². The van der Waals surface area contributed by atoms with Gasteiger partial charge in [0.25, 0.3) is 0 Å². The molecule has 0 aromatic carbocycles. The minimum atomic E-state index is 0.152. The van der Waals surface area contributed by atoms with E-state index in [1.807, 2.05) is 0 Å². The van der Waals surface area contributed by atoms with E-state index in [-0.39, 0.29) is 11.9 Å². The molecular weight excluding hydrogens is 212 g/mol. The van der Waals surface area contributed by atoms with Crippen molar-refractivity contribution >= 4 is 5.91 Å². The molecule has 0 heterocycles. The molecule has 0 fully saturated rings. The Labute approximate surface area is 107 Å². The second kappa shape index (κ2) is 9.46. The van der Waals surface area contributed by atoms with E-state index in [0.717, 1.165) is 18.8 Å². The van der Waals surface area contributed by atoms with Crippen LogP contribution in [0.3, 0.4) is 0 Å². The molecule has 0 saturated heterocycles. The van der Waals surface area contributed by atoms with Crippen LogP contribution in [0.2, 0.25) is 0 Å². The van der Waals surface area contributed by atoms with Gasteiger partial charge in [0.1, 0.15) is 0 Å². The maximum Gasteiger partial charge on any atom is 0.220 e. The van der Waals surface area contributed by atoms with Crippen LogP contribution in [0, 0.1) is 11.8 Å². The zero-order valence-corrected chi connectivity index (χ0v) is 12.0. The number of nitrogens with two attached hydrogens (primary N) is 1. The van der Waals surface area contributed by atoms with Gasteiger partial charge in [0.2, 0.25) is 5.91 Å². The summed E-state index contributed by atoms with van der Waals surface area (Å²) in [6.45, 7) is 9.23. The summed E-state index contributed by atoms with van der Waals surface area (Å²) in [6, 6.07) is 0.288. The Hall–Kier alpha value is -0.570. The Balaban J connectivity index is 3.72. The van der Waals surface area contributed by atoms with Gasteiger partial charge in [0.05, 0.1) is 0 Å². The third-order valence-corrected chi connectivity index (χ3v) is 3.21. The van der Waals surface area contributed by atoms with Crippen LogP contribution in [-0.2, 0) is 4.79 Å². The number of carbonyl (C=O) groups is 1. The third-order valence-electron chi connectivity index (χ3n) is 3.21. The molecule has 102 valence electrons. The maximum atomic E-state index is 11.7. The highest BCUT2D eigenvalue weighted by molar-refractivity contribution is 5.76. The second-order valence-electron chi connectivity index (χ2n) is 5.51. The Kier molecular flexibility index (Phi) is 9.14. The average Bonchev–Trinajstić information content (AvgIpc) is 2.25. The molecule has 0 aliphatic rings. The SMILES string of the molecule is CCC(CN)CC(=O)NC(C)CCCC(C)C. The number of nitrogens with one attached hydrogen (secondary N) is 1. The largest absolute Gasteiger partial charge is 0.354 e. The molecule has 0 rings (SSSR count). The summed E-state index contributed by atoms with van der Waals surface area (Å²) in [5, 5.41) is 3.06. The molecule has 3 heteroatoms. The molecule has 0 saturated carbocycles.